The molecule has 1 aliphatic rings. The molecule has 0 radical (unpaired) electrons. The Hall–Kier alpha value is -1.27. The Labute approximate surface area is 120 Å². The van der Waals surface area contributed by atoms with E-state index in [0.717, 1.165) is 0 Å². The molecule has 1 heterocycles. The predicted molar refractivity (Wildman–Crippen MR) is 77.2 cm³/mol. The number of fused-ring (bicyclic) bond motifs is 1. The van der Waals surface area contributed by atoms with Crippen molar-refractivity contribution in [3.63, 3.8) is 0 Å². The summed E-state index contributed by atoms with van der Waals surface area (Å²) in [5, 5.41) is 3.21. The van der Waals surface area contributed by atoms with E-state index in [4.69, 9.17) is 9.47 Å². The van der Waals surface area contributed by atoms with E-state index in [0.29, 0.717) is 48.6 Å². The van der Waals surface area contributed by atoms with Crippen LogP contribution in [0.1, 0.15) is 20.3 Å². The zero-order valence-corrected chi connectivity index (χ0v) is 12.7. The highest BCUT2D eigenvalue weighted by Crippen LogP contribution is 2.32. The van der Waals surface area contributed by atoms with E-state index in [1.54, 1.807) is 18.2 Å². The Morgan fingerprint density at radius 3 is 2.60 bits per heavy atom. The number of hydrogen-bond acceptors (Lipinski definition) is 5. The van der Waals surface area contributed by atoms with Gasteiger partial charge in [0.25, 0.3) is 0 Å². The molecule has 1 N–H and O–H groups in total. The molecule has 20 heavy (non-hydrogen) atoms. The molecule has 2 rings (SSSR count). The Kier molecular flexibility index (Phi) is 4.88. The first-order chi connectivity index (χ1) is 9.49. The SMILES string of the molecule is CC(C)NCCCS(=O)(=O)c1ccc2c(c1)OCCO2. The van der Waals surface area contributed by atoms with Crippen molar-refractivity contribution in [2.75, 3.05) is 25.5 Å². The van der Waals surface area contributed by atoms with E-state index in [1.807, 2.05) is 13.8 Å². The standard InChI is InChI=1S/C14H21NO4S/c1-11(2)15-6-3-9-20(16,17)12-4-5-13-14(10-12)19-8-7-18-13/h4-5,10-11,15H,3,6-9H2,1-2H3. The first-order valence-corrected chi connectivity index (χ1v) is 8.50. The number of benzene rings is 1. The highest BCUT2D eigenvalue weighted by Gasteiger charge is 2.19. The van der Waals surface area contributed by atoms with Gasteiger partial charge in [0.05, 0.1) is 10.6 Å². The summed E-state index contributed by atoms with van der Waals surface area (Å²) in [5.41, 5.74) is 0. The average Bonchev–Trinajstić information content (AvgIpc) is 2.43. The molecule has 112 valence electrons. The highest BCUT2D eigenvalue weighted by molar-refractivity contribution is 7.91. The van der Waals surface area contributed by atoms with Gasteiger partial charge in [0.1, 0.15) is 13.2 Å². The van der Waals surface area contributed by atoms with E-state index >= 15 is 0 Å². The molecule has 1 aromatic rings. The number of nitrogens with one attached hydrogen (secondary N) is 1. The van der Waals surface area contributed by atoms with Crippen LogP contribution in [0.2, 0.25) is 0 Å². The fraction of sp³-hybridized carbons (Fsp3) is 0.571. The Morgan fingerprint density at radius 1 is 1.20 bits per heavy atom. The maximum Gasteiger partial charge on any atom is 0.178 e. The van der Waals surface area contributed by atoms with Crippen molar-refractivity contribution in [2.24, 2.45) is 0 Å². The molecule has 0 bridgehead atoms. The van der Waals surface area contributed by atoms with Gasteiger partial charge in [-0.3, -0.25) is 0 Å². The van der Waals surface area contributed by atoms with Gasteiger partial charge < -0.3 is 14.8 Å². The molecule has 1 aliphatic heterocycles. The summed E-state index contributed by atoms with van der Waals surface area (Å²) in [4.78, 5) is 0.297. The average molecular weight is 299 g/mol. The molecule has 5 nitrogen and oxygen atoms in total. The molecule has 0 atom stereocenters. The lowest BCUT2D eigenvalue weighted by Crippen LogP contribution is -2.25. The van der Waals surface area contributed by atoms with Crippen molar-refractivity contribution in [1.82, 2.24) is 5.32 Å². The first-order valence-electron chi connectivity index (χ1n) is 6.85. The minimum atomic E-state index is -3.27. The van der Waals surface area contributed by atoms with Crippen LogP contribution in [-0.4, -0.2) is 40.0 Å². The van der Waals surface area contributed by atoms with Gasteiger partial charge in [-0.15, -0.1) is 0 Å². The first kappa shape index (κ1) is 15.1. The van der Waals surface area contributed by atoms with E-state index in [1.165, 1.54) is 0 Å². The lowest BCUT2D eigenvalue weighted by molar-refractivity contribution is 0.171. The summed E-state index contributed by atoms with van der Waals surface area (Å²) in [6.45, 7) is 5.72. The molecular formula is C14H21NO4S. The normalized spacial score (nSPS) is 14.6. The Bertz CT molecular complexity index is 554. The van der Waals surface area contributed by atoms with Crippen molar-refractivity contribution >= 4 is 9.84 Å². The monoisotopic (exact) mass is 299 g/mol. The third-order valence-electron chi connectivity index (χ3n) is 3.02. The summed E-state index contributed by atoms with van der Waals surface area (Å²) in [6.07, 6.45) is 0.592. The molecule has 1 aromatic carbocycles. The maximum atomic E-state index is 12.2. The van der Waals surface area contributed by atoms with Gasteiger partial charge in [0, 0.05) is 12.1 Å². The van der Waals surface area contributed by atoms with E-state index < -0.39 is 9.84 Å². The fourth-order valence-corrected chi connectivity index (χ4v) is 3.31. The van der Waals surface area contributed by atoms with E-state index in [2.05, 4.69) is 5.32 Å². The van der Waals surface area contributed by atoms with Gasteiger partial charge in [-0.25, -0.2) is 8.42 Å². The second-order valence-electron chi connectivity index (χ2n) is 5.09. The third kappa shape index (κ3) is 3.86. The van der Waals surface area contributed by atoms with Crippen LogP contribution >= 0.6 is 0 Å². The maximum absolute atomic E-state index is 12.2. The summed E-state index contributed by atoms with van der Waals surface area (Å²) in [7, 11) is -3.27. The third-order valence-corrected chi connectivity index (χ3v) is 4.81. The summed E-state index contributed by atoms with van der Waals surface area (Å²) < 4.78 is 35.3. The lowest BCUT2D eigenvalue weighted by atomic mass is 10.3. The number of ether oxygens (including phenoxy) is 2. The second-order valence-corrected chi connectivity index (χ2v) is 7.20. The molecule has 0 unspecified atom stereocenters. The fourth-order valence-electron chi connectivity index (χ4n) is 1.99. The van der Waals surface area contributed by atoms with Crippen molar-refractivity contribution < 1.29 is 17.9 Å². The summed E-state index contributed by atoms with van der Waals surface area (Å²) >= 11 is 0. The van der Waals surface area contributed by atoms with Crippen molar-refractivity contribution in [2.45, 2.75) is 31.2 Å². The largest absolute Gasteiger partial charge is 0.486 e. The lowest BCUT2D eigenvalue weighted by Gasteiger charge is -2.18. The van der Waals surface area contributed by atoms with Gasteiger partial charge in [-0.2, -0.15) is 0 Å². The molecule has 6 heteroatoms. The van der Waals surface area contributed by atoms with Gasteiger partial charge in [0.2, 0.25) is 0 Å². The zero-order valence-electron chi connectivity index (χ0n) is 11.9. The van der Waals surface area contributed by atoms with Crippen LogP contribution in [-0.2, 0) is 9.84 Å². The molecule has 0 saturated carbocycles. The van der Waals surface area contributed by atoms with Gasteiger partial charge in [0.15, 0.2) is 21.3 Å². The molecule has 0 aliphatic carbocycles. The van der Waals surface area contributed by atoms with Gasteiger partial charge in [-0.05, 0) is 25.1 Å². The molecule has 0 spiro atoms. The van der Waals surface area contributed by atoms with Crippen LogP contribution in [0.3, 0.4) is 0 Å². The van der Waals surface area contributed by atoms with Crippen LogP contribution < -0.4 is 14.8 Å². The second kappa shape index (κ2) is 6.45. The van der Waals surface area contributed by atoms with Crippen molar-refractivity contribution in [3.05, 3.63) is 18.2 Å². The minimum Gasteiger partial charge on any atom is -0.486 e. The minimum absolute atomic E-state index is 0.131. The van der Waals surface area contributed by atoms with Gasteiger partial charge >= 0.3 is 0 Å². The van der Waals surface area contributed by atoms with Crippen LogP contribution in [0, 0.1) is 0 Å². The molecule has 0 aromatic heterocycles. The molecular weight excluding hydrogens is 278 g/mol. The molecule has 0 saturated heterocycles. The van der Waals surface area contributed by atoms with E-state index in [-0.39, 0.29) is 5.75 Å². The van der Waals surface area contributed by atoms with Crippen molar-refractivity contribution in [1.29, 1.82) is 0 Å². The Balaban J connectivity index is 2.02. The van der Waals surface area contributed by atoms with Crippen molar-refractivity contribution in [3.8, 4) is 11.5 Å². The molecule has 0 amide bonds. The van der Waals surface area contributed by atoms with E-state index in [9.17, 15) is 8.42 Å². The predicted octanol–water partition coefficient (Wildman–Crippen LogP) is 1.62. The number of sulfone groups is 1. The zero-order chi connectivity index (χ0) is 14.6. The van der Waals surface area contributed by atoms with Crippen LogP contribution in [0.5, 0.6) is 11.5 Å². The topological polar surface area (TPSA) is 64.6 Å². The number of hydrogen-bond donors (Lipinski definition) is 1. The Morgan fingerprint density at radius 2 is 1.90 bits per heavy atom. The van der Waals surface area contributed by atoms with Crippen LogP contribution in [0.25, 0.3) is 0 Å². The van der Waals surface area contributed by atoms with Crippen LogP contribution in [0.15, 0.2) is 23.1 Å². The quantitative estimate of drug-likeness (QED) is 0.809. The van der Waals surface area contributed by atoms with Gasteiger partial charge in [-0.1, -0.05) is 13.8 Å². The van der Waals surface area contributed by atoms with Crippen LogP contribution in [0.4, 0.5) is 0 Å². The number of rotatable bonds is 6. The highest BCUT2D eigenvalue weighted by atomic mass is 32.2. The summed E-state index contributed by atoms with van der Waals surface area (Å²) in [5.74, 6) is 1.25. The molecule has 0 fully saturated rings. The smallest absolute Gasteiger partial charge is 0.178 e. The summed E-state index contributed by atoms with van der Waals surface area (Å²) in [6, 6.07) is 5.17.